The number of anilines is 2. The number of nitrogens with one attached hydrogen (secondary N) is 2. The second kappa shape index (κ2) is 7.53. The highest BCUT2D eigenvalue weighted by molar-refractivity contribution is 6.31. The molecule has 0 saturated carbocycles. The summed E-state index contributed by atoms with van der Waals surface area (Å²) in [6.45, 7) is 11.0. The Labute approximate surface area is 138 Å². The van der Waals surface area contributed by atoms with Crippen molar-refractivity contribution >= 4 is 23.0 Å². The van der Waals surface area contributed by atoms with Gasteiger partial charge in [-0.15, -0.1) is 0 Å². The summed E-state index contributed by atoms with van der Waals surface area (Å²) in [4.78, 5) is 4.97. The van der Waals surface area contributed by atoms with E-state index in [1.807, 2.05) is 0 Å². The fourth-order valence-corrected chi connectivity index (χ4v) is 3.65. The van der Waals surface area contributed by atoms with Crippen molar-refractivity contribution < 1.29 is 0 Å². The van der Waals surface area contributed by atoms with Crippen LogP contribution in [-0.4, -0.2) is 57.3 Å². The number of likely N-dealkylation sites (tertiary alicyclic amines) is 1. The fourth-order valence-electron chi connectivity index (χ4n) is 3.44. The smallest absolute Gasteiger partial charge is 0.0447 e. The molecule has 0 aromatic heterocycles. The van der Waals surface area contributed by atoms with E-state index in [0.717, 1.165) is 44.3 Å². The highest BCUT2D eigenvalue weighted by Crippen LogP contribution is 2.31. The van der Waals surface area contributed by atoms with Crippen molar-refractivity contribution in [1.82, 2.24) is 10.2 Å². The number of hydrogen-bond acceptors (Lipinski definition) is 4. The van der Waals surface area contributed by atoms with Crippen molar-refractivity contribution in [1.29, 1.82) is 0 Å². The van der Waals surface area contributed by atoms with Crippen LogP contribution in [0.3, 0.4) is 0 Å². The van der Waals surface area contributed by atoms with E-state index in [-0.39, 0.29) is 0 Å². The van der Waals surface area contributed by atoms with Crippen molar-refractivity contribution in [3.63, 3.8) is 0 Å². The second-order valence-corrected chi connectivity index (χ2v) is 6.75. The van der Waals surface area contributed by atoms with Gasteiger partial charge in [-0.25, -0.2) is 0 Å². The topological polar surface area (TPSA) is 30.5 Å². The zero-order valence-corrected chi connectivity index (χ0v) is 14.3. The molecular formula is C17H27ClN4. The van der Waals surface area contributed by atoms with E-state index in [0.29, 0.717) is 0 Å². The van der Waals surface area contributed by atoms with Crippen LogP contribution in [-0.2, 0) is 0 Å². The third-order valence-corrected chi connectivity index (χ3v) is 4.96. The maximum Gasteiger partial charge on any atom is 0.0447 e. The molecule has 22 heavy (non-hydrogen) atoms. The van der Waals surface area contributed by atoms with E-state index in [2.05, 4.69) is 39.5 Å². The van der Waals surface area contributed by atoms with E-state index < -0.39 is 0 Å². The largest absolute Gasteiger partial charge is 0.383 e. The summed E-state index contributed by atoms with van der Waals surface area (Å²) in [5.41, 5.74) is 3.77. The van der Waals surface area contributed by atoms with Crippen molar-refractivity contribution in [2.45, 2.75) is 19.8 Å². The maximum atomic E-state index is 6.35. The fraction of sp³-hybridized carbons (Fsp3) is 0.647. The minimum absolute atomic E-state index is 0.822. The first-order valence-corrected chi connectivity index (χ1v) is 8.84. The SMILES string of the molecule is Cc1c(NCCN2CCCC2)cc(Cl)cc1N1CCNCC1. The van der Waals surface area contributed by atoms with Gasteiger partial charge >= 0.3 is 0 Å². The molecule has 0 aliphatic carbocycles. The zero-order chi connectivity index (χ0) is 15.4. The Morgan fingerprint density at radius 2 is 1.86 bits per heavy atom. The number of rotatable bonds is 5. The van der Waals surface area contributed by atoms with E-state index in [9.17, 15) is 0 Å². The monoisotopic (exact) mass is 322 g/mol. The van der Waals surface area contributed by atoms with Gasteiger partial charge < -0.3 is 20.4 Å². The Morgan fingerprint density at radius 1 is 1.14 bits per heavy atom. The van der Waals surface area contributed by atoms with Gasteiger partial charge in [0.1, 0.15) is 0 Å². The van der Waals surface area contributed by atoms with Crippen LogP contribution < -0.4 is 15.5 Å². The molecule has 0 unspecified atom stereocenters. The molecule has 2 heterocycles. The van der Waals surface area contributed by atoms with Crippen LogP contribution in [0.15, 0.2) is 12.1 Å². The van der Waals surface area contributed by atoms with Crippen molar-refractivity contribution in [2.75, 3.05) is 62.6 Å². The van der Waals surface area contributed by atoms with Crippen molar-refractivity contribution in [2.24, 2.45) is 0 Å². The van der Waals surface area contributed by atoms with Crippen LogP contribution in [0.1, 0.15) is 18.4 Å². The molecule has 1 aromatic rings. The number of halogens is 1. The van der Waals surface area contributed by atoms with E-state index >= 15 is 0 Å². The van der Waals surface area contributed by atoms with E-state index in [4.69, 9.17) is 11.6 Å². The Bertz CT molecular complexity index is 494. The summed E-state index contributed by atoms with van der Waals surface area (Å²) < 4.78 is 0. The van der Waals surface area contributed by atoms with Gasteiger partial charge in [0.2, 0.25) is 0 Å². The minimum Gasteiger partial charge on any atom is -0.383 e. The van der Waals surface area contributed by atoms with Gasteiger partial charge in [0.15, 0.2) is 0 Å². The molecule has 4 nitrogen and oxygen atoms in total. The Balaban J connectivity index is 1.66. The van der Waals surface area contributed by atoms with Gasteiger partial charge in [-0.05, 0) is 50.6 Å². The molecule has 2 N–H and O–H groups in total. The molecule has 0 amide bonds. The lowest BCUT2D eigenvalue weighted by atomic mass is 10.1. The molecule has 0 bridgehead atoms. The summed E-state index contributed by atoms with van der Waals surface area (Å²) in [5.74, 6) is 0. The van der Waals surface area contributed by atoms with Crippen molar-refractivity contribution in [3.8, 4) is 0 Å². The molecule has 2 saturated heterocycles. The van der Waals surface area contributed by atoms with Crippen LogP contribution in [0.4, 0.5) is 11.4 Å². The third-order valence-electron chi connectivity index (χ3n) is 4.74. The van der Waals surface area contributed by atoms with Gasteiger partial charge in [-0.3, -0.25) is 0 Å². The summed E-state index contributed by atoms with van der Waals surface area (Å²) >= 11 is 6.35. The molecule has 0 spiro atoms. The van der Waals surface area contributed by atoms with Crippen LogP contribution in [0.25, 0.3) is 0 Å². The van der Waals surface area contributed by atoms with Crippen molar-refractivity contribution in [3.05, 3.63) is 22.7 Å². The predicted molar refractivity (Wildman–Crippen MR) is 95.4 cm³/mol. The normalized spacial score (nSPS) is 19.6. The average Bonchev–Trinajstić information content (AvgIpc) is 3.04. The summed E-state index contributed by atoms with van der Waals surface area (Å²) in [6.07, 6.45) is 2.70. The minimum atomic E-state index is 0.822. The Kier molecular flexibility index (Phi) is 5.45. The lowest BCUT2D eigenvalue weighted by molar-refractivity contribution is 0.352. The maximum absolute atomic E-state index is 6.35. The molecule has 1 aromatic carbocycles. The van der Waals surface area contributed by atoms with Gasteiger partial charge in [0, 0.05) is 55.7 Å². The van der Waals surface area contributed by atoms with Gasteiger partial charge in [-0.2, -0.15) is 0 Å². The first-order valence-electron chi connectivity index (χ1n) is 8.46. The molecule has 5 heteroatoms. The van der Waals surface area contributed by atoms with Crippen LogP contribution >= 0.6 is 11.6 Å². The highest BCUT2D eigenvalue weighted by atomic mass is 35.5. The lowest BCUT2D eigenvalue weighted by Gasteiger charge is -2.31. The van der Waals surface area contributed by atoms with Crippen LogP contribution in [0, 0.1) is 6.92 Å². The number of hydrogen-bond donors (Lipinski definition) is 2. The molecule has 2 aliphatic heterocycles. The van der Waals surface area contributed by atoms with Gasteiger partial charge in [0.25, 0.3) is 0 Å². The Hall–Kier alpha value is -0.970. The highest BCUT2D eigenvalue weighted by Gasteiger charge is 2.16. The summed E-state index contributed by atoms with van der Waals surface area (Å²) in [5, 5.41) is 7.82. The standard InChI is InChI=1S/C17H27ClN4/c1-14-16(20-6-9-21-7-2-3-8-21)12-15(18)13-17(14)22-10-4-19-5-11-22/h12-13,19-20H,2-11H2,1H3. The van der Waals surface area contributed by atoms with Crippen LogP contribution in [0.5, 0.6) is 0 Å². The molecule has 0 atom stereocenters. The predicted octanol–water partition coefficient (Wildman–Crippen LogP) is 2.57. The molecule has 3 rings (SSSR count). The molecule has 2 fully saturated rings. The molecule has 2 aliphatic rings. The number of piperazine rings is 1. The number of nitrogens with zero attached hydrogens (tertiary/aromatic N) is 2. The second-order valence-electron chi connectivity index (χ2n) is 6.31. The zero-order valence-electron chi connectivity index (χ0n) is 13.5. The Morgan fingerprint density at radius 3 is 2.59 bits per heavy atom. The first-order chi connectivity index (χ1) is 10.7. The molecule has 122 valence electrons. The first kappa shape index (κ1) is 15.9. The summed E-state index contributed by atoms with van der Waals surface area (Å²) in [7, 11) is 0. The van der Waals surface area contributed by atoms with E-state index in [1.54, 1.807) is 0 Å². The van der Waals surface area contributed by atoms with E-state index in [1.165, 1.54) is 42.9 Å². The quantitative estimate of drug-likeness (QED) is 0.872. The molecule has 0 radical (unpaired) electrons. The molecular weight excluding hydrogens is 296 g/mol. The average molecular weight is 323 g/mol. The number of benzene rings is 1. The third kappa shape index (κ3) is 3.86. The summed E-state index contributed by atoms with van der Waals surface area (Å²) in [6, 6.07) is 4.17. The van der Waals surface area contributed by atoms with Gasteiger partial charge in [-0.1, -0.05) is 11.6 Å². The lowest BCUT2D eigenvalue weighted by Crippen LogP contribution is -2.43. The van der Waals surface area contributed by atoms with Gasteiger partial charge in [0.05, 0.1) is 0 Å². The van der Waals surface area contributed by atoms with Crippen LogP contribution in [0.2, 0.25) is 5.02 Å².